The Morgan fingerprint density at radius 3 is 1.92 bits per heavy atom. The third-order valence-electron chi connectivity index (χ3n) is 5.94. The van der Waals surface area contributed by atoms with E-state index in [1.165, 1.54) is 6.07 Å². The summed E-state index contributed by atoms with van der Waals surface area (Å²) in [7, 11) is 0. The molecule has 0 N–H and O–H groups in total. The molecule has 0 amide bonds. The second-order valence-electron chi connectivity index (χ2n) is 8.36. The van der Waals surface area contributed by atoms with Gasteiger partial charge in [-0.1, -0.05) is 18.2 Å². The first kappa shape index (κ1) is 25.9. The van der Waals surface area contributed by atoms with Crippen molar-refractivity contribution in [3.8, 4) is 16.9 Å². The predicted octanol–water partition coefficient (Wildman–Crippen LogP) is 7.74. The van der Waals surface area contributed by atoms with Crippen LogP contribution in [0.25, 0.3) is 11.1 Å². The minimum absolute atomic E-state index is 0.0145. The van der Waals surface area contributed by atoms with Crippen LogP contribution in [0.4, 0.5) is 39.5 Å². The van der Waals surface area contributed by atoms with Gasteiger partial charge in [0.25, 0.3) is 0 Å². The molecule has 1 heterocycles. The molecule has 0 aliphatic carbocycles. The molecule has 0 radical (unpaired) electrons. The van der Waals surface area contributed by atoms with Crippen molar-refractivity contribution >= 4 is 0 Å². The Morgan fingerprint density at radius 1 is 0.750 bits per heavy atom. The van der Waals surface area contributed by atoms with Gasteiger partial charge in [-0.15, -0.1) is 0 Å². The molecule has 1 aliphatic rings. The summed E-state index contributed by atoms with van der Waals surface area (Å²) in [5.74, 6) is -14.2. The monoisotopic (exact) mass is 520 g/mol. The topological polar surface area (TPSA) is 18.5 Å². The van der Waals surface area contributed by atoms with Crippen LogP contribution in [0.15, 0.2) is 36.4 Å². The van der Waals surface area contributed by atoms with E-state index in [1.807, 2.05) is 6.92 Å². The maximum atomic E-state index is 14.8. The Morgan fingerprint density at radius 2 is 1.33 bits per heavy atom. The highest BCUT2D eigenvalue weighted by Gasteiger charge is 2.40. The van der Waals surface area contributed by atoms with Crippen molar-refractivity contribution in [2.75, 3.05) is 6.61 Å². The lowest BCUT2D eigenvalue weighted by atomic mass is 9.89. The van der Waals surface area contributed by atoms with E-state index in [-0.39, 0.29) is 30.4 Å². The van der Waals surface area contributed by atoms with E-state index in [1.54, 1.807) is 0 Å². The number of hydrogen-bond donors (Lipinski definition) is 0. The minimum Gasteiger partial charge on any atom is -0.429 e. The highest BCUT2D eigenvalue weighted by atomic mass is 19.3. The molecule has 192 valence electrons. The first-order chi connectivity index (χ1) is 16.9. The molecule has 0 aromatic heterocycles. The summed E-state index contributed by atoms with van der Waals surface area (Å²) in [5.41, 5.74) is -3.27. The molecular formula is C25H17F9O2. The smallest absolute Gasteiger partial charge is 0.429 e. The van der Waals surface area contributed by atoms with Crippen molar-refractivity contribution in [1.29, 1.82) is 0 Å². The number of alkyl halides is 2. The molecule has 3 aromatic carbocycles. The SMILES string of the molecule is CC1CCC(c2ccc(-c3ccc(C(F)(F)Oc4cc(F)c(F)c(F)c4)c(F)c3F)c(F)c2F)CO1. The van der Waals surface area contributed by atoms with Crippen LogP contribution in [-0.4, -0.2) is 12.7 Å². The van der Waals surface area contributed by atoms with Crippen LogP contribution in [0.2, 0.25) is 0 Å². The second-order valence-corrected chi connectivity index (χ2v) is 8.36. The molecule has 11 heteroatoms. The summed E-state index contributed by atoms with van der Waals surface area (Å²) in [4.78, 5) is 0. The van der Waals surface area contributed by atoms with Gasteiger partial charge in [0.1, 0.15) is 11.3 Å². The second kappa shape index (κ2) is 9.68. The zero-order chi connectivity index (χ0) is 26.4. The molecule has 36 heavy (non-hydrogen) atoms. The van der Waals surface area contributed by atoms with Gasteiger partial charge >= 0.3 is 6.11 Å². The Labute approximate surface area is 199 Å². The minimum atomic E-state index is -4.67. The van der Waals surface area contributed by atoms with Crippen LogP contribution in [0.3, 0.4) is 0 Å². The molecule has 1 fully saturated rings. The molecule has 0 bridgehead atoms. The Balaban J connectivity index is 1.66. The highest BCUT2D eigenvalue weighted by molar-refractivity contribution is 5.66. The van der Waals surface area contributed by atoms with E-state index in [4.69, 9.17) is 4.74 Å². The maximum Gasteiger partial charge on any atom is 0.429 e. The lowest BCUT2D eigenvalue weighted by molar-refractivity contribution is -0.187. The molecular weight excluding hydrogens is 503 g/mol. The summed E-state index contributed by atoms with van der Waals surface area (Å²) in [6.45, 7) is 1.98. The maximum absolute atomic E-state index is 14.8. The molecule has 0 saturated carbocycles. The highest BCUT2D eigenvalue weighted by Crippen LogP contribution is 2.39. The molecule has 1 aliphatic heterocycles. The third kappa shape index (κ3) is 4.76. The molecule has 2 nitrogen and oxygen atoms in total. The van der Waals surface area contributed by atoms with Crippen molar-refractivity contribution in [2.24, 2.45) is 0 Å². The van der Waals surface area contributed by atoms with E-state index < -0.39 is 75.2 Å². The van der Waals surface area contributed by atoms with Gasteiger partial charge in [0, 0.05) is 29.2 Å². The summed E-state index contributed by atoms with van der Waals surface area (Å²) in [6.07, 6.45) is -3.58. The van der Waals surface area contributed by atoms with Crippen LogP contribution in [0.5, 0.6) is 5.75 Å². The lowest BCUT2D eigenvalue weighted by Gasteiger charge is -2.27. The zero-order valence-electron chi connectivity index (χ0n) is 18.5. The van der Waals surface area contributed by atoms with Crippen molar-refractivity contribution in [2.45, 2.75) is 37.9 Å². The van der Waals surface area contributed by atoms with E-state index in [0.29, 0.717) is 25.0 Å². The predicted molar refractivity (Wildman–Crippen MR) is 110 cm³/mol. The first-order valence-corrected chi connectivity index (χ1v) is 10.7. The van der Waals surface area contributed by atoms with E-state index in [2.05, 4.69) is 4.74 Å². The largest absolute Gasteiger partial charge is 0.429 e. The van der Waals surface area contributed by atoms with E-state index in [0.717, 1.165) is 6.07 Å². The van der Waals surface area contributed by atoms with Gasteiger partial charge < -0.3 is 9.47 Å². The Kier molecular flexibility index (Phi) is 6.96. The lowest BCUT2D eigenvalue weighted by Crippen LogP contribution is -2.24. The van der Waals surface area contributed by atoms with Crippen molar-refractivity contribution in [3.05, 3.63) is 88.2 Å². The van der Waals surface area contributed by atoms with E-state index >= 15 is 0 Å². The summed E-state index contributed by atoms with van der Waals surface area (Å²) >= 11 is 0. The van der Waals surface area contributed by atoms with Crippen LogP contribution in [0, 0.1) is 40.7 Å². The normalized spacial score (nSPS) is 18.4. The molecule has 2 atom stereocenters. The zero-order valence-corrected chi connectivity index (χ0v) is 18.5. The van der Waals surface area contributed by atoms with Crippen LogP contribution in [-0.2, 0) is 10.8 Å². The fourth-order valence-corrected chi connectivity index (χ4v) is 3.99. The molecule has 3 aromatic rings. The van der Waals surface area contributed by atoms with Crippen molar-refractivity contribution in [3.63, 3.8) is 0 Å². The summed E-state index contributed by atoms with van der Waals surface area (Å²) in [6, 6.07) is 3.31. The molecule has 2 unspecified atom stereocenters. The van der Waals surface area contributed by atoms with Crippen LogP contribution in [0.1, 0.15) is 36.8 Å². The average Bonchev–Trinajstić information content (AvgIpc) is 2.81. The summed E-state index contributed by atoms with van der Waals surface area (Å²) in [5, 5.41) is 0. The third-order valence-corrected chi connectivity index (χ3v) is 5.94. The van der Waals surface area contributed by atoms with Crippen LogP contribution < -0.4 is 4.74 Å². The summed E-state index contributed by atoms with van der Waals surface area (Å²) < 4.78 is 137. The fraction of sp³-hybridized carbons (Fsp3) is 0.280. The number of rotatable bonds is 5. The number of hydrogen-bond acceptors (Lipinski definition) is 2. The Bertz CT molecular complexity index is 1280. The van der Waals surface area contributed by atoms with Crippen LogP contribution >= 0.6 is 0 Å². The average molecular weight is 520 g/mol. The number of benzene rings is 3. The van der Waals surface area contributed by atoms with Gasteiger partial charge in [-0.05, 0) is 31.4 Å². The van der Waals surface area contributed by atoms with Gasteiger partial charge in [0.05, 0.1) is 12.7 Å². The van der Waals surface area contributed by atoms with Crippen molar-refractivity contribution in [1.82, 2.24) is 0 Å². The van der Waals surface area contributed by atoms with Gasteiger partial charge in [0.15, 0.2) is 40.7 Å². The van der Waals surface area contributed by atoms with Gasteiger partial charge in [-0.2, -0.15) is 8.78 Å². The van der Waals surface area contributed by atoms with Gasteiger partial charge in [-0.25, -0.2) is 30.7 Å². The van der Waals surface area contributed by atoms with Crippen molar-refractivity contribution < 1.29 is 49.0 Å². The van der Waals surface area contributed by atoms with Gasteiger partial charge in [0.2, 0.25) is 0 Å². The van der Waals surface area contributed by atoms with E-state index in [9.17, 15) is 39.5 Å². The fourth-order valence-electron chi connectivity index (χ4n) is 3.99. The molecule has 0 spiro atoms. The first-order valence-electron chi connectivity index (χ1n) is 10.7. The van der Waals surface area contributed by atoms with Gasteiger partial charge in [-0.3, -0.25) is 0 Å². The number of halogens is 9. The molecule has 4 rings (SSSR count). The number of ether oxygens (including phenoxy) is 2. The Hall–Kier alpha value is -3.21. The standard InChI is InChI=1S/C25H17F9O2/c1-11-2-3-12(10-35-11)14-4-5-15(21(29)20(14)28)16-6-7-17(23(31)22(16)30)25(33,34)36-13-8-18(26)24(32)19(27)9-13/h4-9,11-12H,2-3,10H2,1H3. The quantitative estimate of drug-likeness (QED) is 0.253. The molecule has 1 saturated heterocycles.